The predicted molar refractivity (Wildman–Crippen MR) is 51.6 cm³/mol. The first-order valence-electron chi connectivity index (χ1n) is 4.76. The maximum absolute atomic E-state index is 11.3. The lowest BCUT2D eigenvalue weighted by atomic mass is 9.97. The van der Waals surface area contributed by atoms with Gasteiger partial charge in [-0.25, -0.2) is 0 Å². The number of carboxylic acids is 1. The van der Waals surface area contributed by atoms with Crippen molar-refractivity contribution in [2.45, 2.75) is 25.2 Å². The highest BCUT2D eigenvalue weighted by molar-refractivity contribution is 5.92. The Balaban J connectivity index is 2.27. The summed E-state index contributed by atoms with van der Waals surface area (Å²) < 4.78 is 5.22. The minimum atomic E-state index is -0.878. The molecule has 1 amide bonds. The van der Waals surface area contributed by atoms with E-state index in [2.05, 4.69) is 5.32 Å². The summed E-state index contributed by atoms with van der Waals surface area (Å²) in [6, 6.07) is 1.65. The maximum Gasteiger partial charge on any atom is 0.304 e. The largest absolute Gasteiger partial charge is 0.481 e. The third-order valence-electron chi connectivity index (χ3n) is 2.48. The summed E-state index contributed by atoms with van der Waals surface area (Å²) in [6.45, 7) is 0. The molecule has 1 aliphatic heterocycles. The van der Waals surface area contributed by atoms with Gasteiger partial charge >= 0.3 is 5.97 Å². The van der Waals surface area contributed by atoms with Crippen molar-refractivity contribution in [1.29, 1.82) is 0 Å². The molecule has 0 fully saturated rings. The van der Waals surface area contributed by atoms with Crippen LogP contribution < -0.4 is 5.32 Å². The smallest absolute Gasteiger partial charge is 0.304 e. The summed E-state index contributed by atoms with van der Waals surface area (Å²) in [6.07, 6.45) is 2.31. The molecule has 0 radical (unpaired) electrons. The van der Waals surface area contributed by atoms with Crippen LogP contribution in [0.15, 0.2) is 16.7 Å². The molecule has 1 aromatic heterocycles. The van der Waals surface area contributed by atoms with Crippen molar-refractivity contribution in [3.8, 4) is 0 Å². The Kier molecular flexibility index (Phi) is 2.45. The maximum atomic E-state index is 11.3. The Hall–Kier alpha value is -1.78. The number of anilines is 1. The van der Waals surface area contributed by atoms with Crippen LogP contribution in [0.3, 0.4) is 0 Å². The molecule has 0 aliphatic carbocycles. The summed E-state index contributed by atoms with van der Waals surface area (Å²) in [7, 11) is 0. The molecule has 15 heavy (non-hydrogen) atoms. The van der Waals surface area contributed by atoms with Gasteiger partial charge in [-0.1, -0.05) is 0 Å². The second-order valence-corrected chi connectivity index (χ2v) is 3.58. The SMILES string of the molecule is O=C(O)CC1CCC(=O)Nc2ccoc21. The van der Waals surface area contributed by atoms with Crippen LogP contribution in [0.25, 0.3) is 0 Å². The molecule has 5 nitrogen and oxygen atoms in total. The lowest BCUT2D eigenvalue weighted by Gasteiger charge is -2.08. The molecule has 1 unspecified atom stereocenters. The molecule has 1 aromatic rings. The zero-order chi connectivity index (χ0) is 10.8. The molecular formula is C10H11NO4. The van der Waals surface area contributed by atoms with Crippen LogP contribution in [-0.4, -0.2) is 17.0 Å². The number of nitrogens with one attached hydrogen (secondary N) is 1. The normalized spacial score (nSPS) is 20.3. The number of rotatable bonds is 2. The van der Waals surface area contributed by atoms with Crippen LogP contribution in [0.2, 0.25) is 0 Å². The van der Waals surface area contributed by atoms with E-state index in [0.29, 0.717) is 24.3 Å². The van der Waals surface area contributed by atoms with Gasteiger partial charge in [-0.15, -0.1) is 0 Å². The van der Waals surface area contributed by atoms with Crippen LogP contribution in [0, 0.1) is 0 Å². The van der Waals surface area contributed by atoms with Crippen molar-refractivity contribution in [2.24, 2.45) is 0 Å². The molecule has 0 saturated heterocycles. The van der Waals surface area contributed by atoms with Crippen LogP contribution >= 0.6 is 0 Å². The quantitative estimate of drug-likeness (QED) is 0.774. The van der Waals surface area contributed by atoms with Gasteiger partial charge in [0.15, 0.2) is 0 Å². The fourth-order valence-electron chi connectivity index (χ4n) is 1.80. The van der Waals surface area contributed by atoms with E-state index >= 15 is 0 Å². The van der Waals surface area contributed by atoms with E-state index in [1.165, 1.54) is 6.26 Å². The van der Waals surface area contributed by atoms with Gasteiger partial charge in [-0.05, 0) is 6.42 Å². The van der Waals surface area contributed by atoms with E-state index in [-0.39, 0.29) is 18.2 Å². The summed E-state index contributed by atoms with van der Waals surface area (Å²) in [5.41, 5.74) is 0.601. The minimum absolute atomic E-state index is 0.00449. The summed E-state index contributed by atoms with van der Waals surface area (Å²) >= 11 is 0. The van der Waals surface area contributed by atoms with Crippen molar-refractivity contribution in [2.75, 3.05) is 5.32 Å². The third kappa shape index (κ3) is 2.01. The number of hydrogen-bond donors (Lipinski definition) is 2. The number of fused-ring (bicyclic) bond motifs is 1. The number of carbonyl (C=O) groups excluding carboxylic acids is 1. The monoisotopic (exact) mass is 209 g/mol. The topological polar surface area (TPSA) is 79.5 Å². The van der Waals surface area contributed by atoms with Gasteiger partial charge in [0.05, 0.1) is 18.4 Å². The molecule has 0 aromatic carbocycles. The highest BCUT2D eigenvalue weighted by Crippen LogP contribution is 2.34. The van der Waals surface area contributed by atoms with Crippen LogP contribution in [0.5, 0.6) is 0 Å². The van der Waals surface area contributed by atoms with Crippen LogP contribution in [0.1, 0.15) is 30.9 Å². The van der Waals surface area contributed by atoms with E-state index in [9.17, 15) is 9.59 Å². The van der Waals surface area contributed by atoms with Gasteiger partial charge in [0, 0.05) is 18.4 Å². The Morgan fingerprint density at radius 3 is 3.20 bits per heavy atom. The first-order chi connectivity index (χ1) is 7.16. The molecule has 2 N–H and O–H groups in total. The summed E-state index contributed by atoms with van der Waals surface area (Å²) in [5, 5.41) is 11.4. The van der Waals surface area contributed by atoms with Gasteiger partial charge in [-0.3, -0.25) is 9.59 Å². The van der Waals surface area contributed by atoms with E-state index in [1.807, 2.05) is 0 Å². The van der Waals surface area contributed by atoms with Crippen LogP contribution in [-0.2, 0) is 9.59 Å². The second kappa shape index (κ2) is 3.76. The fraction of sp³-hybridized carbons (Fsp3) is 0.400. The molecule has 0 saturated carbocycles. The van der Waals surface area contributed by atoms with E-state index in [4.69, 9.17) is 9.52 Å². The molecule has 1 atom stereocenters. The third-order valence-corrected chi connectivity index (χ3v) is 2.48. The molecule has 80 valence electrons. The lowest BCUT2D eigenvalue weighted by Crippen LogP contribution is -2.08. The number of furan rings is 1. The Bertz CT molecular complexity index is 396. The zero-order valence-corrected chi connectivity index (χ0v) is 8.03. The van der Waals surface area contributed by atoms with E-state index in [0.717, 1.165) is 0 Å². The second-order valence-electron chi connectivity index (χ2n) is 3.58. The highest BCUT2D eigenvalue weighted by atomic mass is 16.4. The lowest BCUT2D eigenvalue weighted by molar-refractivity contribution is -0.137. The van der Waals surface area contributed by atoms with E-state index in [1.54, 1.807) is 6.07 Å². The predicted octanol–water partition coefficient (Wildman–Crippen LogP) is 1.57. The Morgan fingerprint density at radius 2 is 2.47 bits per heavy atom. The Morgan fingerprint density at radius 1 is 1.67 bits per heavy atom. The van der Waals surface area contributed by atoms with Crippen molar-refractivity contribution >= 4 is 17.6 Å². The minimum Gasteiger partial charge on any atom is -0.481 e. The molecule has 2 rings (SSSR count). The van der Waals surface area contributed by atoms with Crippen molar-refractivity contribution in [3.05, 3.63) is 18.1 Å². The van der Waals surface area contributed by atoms with Gasteiger partial charge in [0.2, 0.25) is 5.91 Å². The number of amides is 1. The molecule has 0 bridgehead atoms. The first kappa shape index (κ1) is 9.76. The van der Waals surface area contributed by atoms with Gasteiger partial charge in [0.1, 0.15) is 5.76 Å². The summed E-state index contributed by atoms with van der Waals surface area (Å²) in [4.78, 5) is 21.9. The number of carbonyl (C=O) groups is 2. The van der Waals surface area contributed by atoms with E-state index < -0.39 is 5.97 Å². The molecular weight excluding hydrogens is 198 g/mol. The highest BCUT2D eigenvalue weighted by Gasteiger charge is 2.26. The average Bonchev–Trinajstić information content (AvgIpc) is 2.55. The number of aliphatic carboxylic acids is 1. The van der Waals surface area contributed by atoms with Gasteiger partial charge < -0.3 is 14.8 Å². The Labute approximate surface area is 86.1 Å². The molecule has 5 heteroatoms. The average molecular weight is 209 g/mol. The van der Waals surface area contributed by atoms with Crippen LogP contribution in [0.4, 0.5) is 5.69 Å². The molecule has 0 spiro atoms. The first-order valence-corrected chi connectivity index (χ1v) is 4.76. The van der Waals surface area contributed by atoms with Crippen molar-refractivity contribution in [3.63, 3.8) is 0 Å². The summed E-state index contributed by atoms with van der Waals surface area (Å²) in [5.74, 6) is -0.614. The zero-order valence-electron chi connectivity index (χ0n) is 8.03. The number of carboxylic acid groups (broad SMARTS) is 1. The van der Waals surface area contributed by atoms with Gasteiger partial charge in [-0.2, -0.15) is 0 Å². The molecule has 1 aliphatic rings. The van der Waals surface area contributed by atoms with Gasteiger partial charge in [0.25, 0.3) is 0 Å². The standard InChI is InChI=1S/C10H11NO4/c12-8-2-1-6(5-9(13)14)10-7(11-8)3-4-15-10/h3-4,6H,1-2,5H2,(H,11,12)(H,13,14). The van der Waals surface area contributed by atoms with Crippen molar-refractivity contribution in [1.82, 2.24) is 0 Å². The number of hydrogen-bond acceptors (Lipinski definition) is 3. The fourth-order valence-corrected chi connectivity index (χ4v) is 1.80. The van der Waals surface area contributed by atoms with Crippen molar-refractivity contribution < 1.29 is 19.1 Å². The molecule has 2 heterocycles.